The number of anilines is 1. The van der Waals surface area contributed by atoms with Crippen molar-refractivity contribution >= 4 is 37.4 Å². The van der Waals surface area contributed by atoms with E-state index in [0.29, 0.717) is 12.1 Å². The average molecular weight is 448 g/mol. The lowest BCUT2D eigenvalue weighted by molar-refractivity contribution is 0.324. The lowest BCUT2D eigenvalue weighted by atomic mass is 10.0. The second kappa shape index (κ2) is 8.96. The lowest BCUT2D eigenvalue weighted by Gasteiger charge is -2.15. The van der Waals surface area contributed by atoms with Gasteiger partial charge in [0.05, 0.1) is 17.0 Å². The predicted molar refractivity (Wildman–Crippen MR) is 133 cm³/mol. The summed E-state index contributed by atoms with van der Waals surface area (Å²) in [7, 11) is -3.46. The van der Waals surface area contributed by atoms with Gasteiger partial charge in [-0.1, -0.05) is 48.5 Å². The monoisotopic (exact) mass is 447 g/mol. The summed E-state index contributed by atoms with van der Waals surface area (Å²) in [5.74, 6) is 0.0506. The van der Waals surface area contributed by atoms with Crippen molar-refractivity contribution in [2.75, 3.05) is 30.1 Å². The molecule has 0 aliphatic carbocycles. The van der Waals surface area contributed by atoms with Crippen LogP contribution in [0.15, 0.2) is 72.9 Å². The van der Waals surface area contributed by atoms with E-state index < -0.39 is 10.0 Å². The molecule has 32 heavy (non-hydrogen) atoms. The number of hydrogen-bond acceptors (Lipinski definition) is 3. The van der Waals surface area contributed by atoms with Crippen molar-refractivity contribution in [1.82, 2.24) is 9.47 Å². The van der Waals surface area contributed by atoms with Gasteiger partial charge in [0.2, 0.25) is 10.0 Å². The Balaban J connectivity index is 1.28. The molecule has 0 atom stereocenters. The van der Waals surface area contributed by atoms with Crippen molar-refractivity contribution in [3.63, 3.8) is 0 Å². The van der Waals surface area contributed by atoms with Crippen molar-refractivity contribution < 1.29 is 8.42 Å². The summed E-state index contributed by atoms with van der Waals surface area (Å²) in [4.78, 5) is 2.49. The first-order valence-electron chi connectivity index (χ1n) is 11.4. The molecule has 4 aromatic rings. The molecule has 0 bridgehead atoms. The molecule has 1 aliphatic heterocycles. The molecule has 1 aliphatic rings. The Kier molecular flexibility index (Phi) is 5.89. The molecule has 0 radical (unpaired) electrons. The van der Waals surface area contributed by atoms with E-state index in [-0.39, 0.29) is 5.75 Å². The summed E-state index contributed by atoms with van der Waals surface area (Å²) in [6.07, 6.45) is 5.15. The summed E-state index contributed by atoms with van der Waals surface area (Å²) in [5, 5.41) is 3.38. The Morgan fingerprint density at radius 3 is 2.53 bits per heavy atom. The minimum absolute atomic E-state index is 0.0506. The van der Waals surface area contributed by atoms with Crippen molar-refractivity contribution in [2.45, 2.75) is 25.8 Å². The third-order valence-electron chi connectivity index (χ3n) is 6.42. The number of likely N-dealkylation sites (tertiary alicyclic amines) is 1. The van der Waals surface area contributed by atoms with Crippen LogP contribution in [0.25, 0.3) is 21.7 Å². The Morgan fingerprint density at radius 2 is 1.66 bits per heavy atom. The van der Waals surface area contributed by atoms with Gasteiger partial charge in [-0.2, -0.15) is 0 Å². The molecule has 5 rings (SSSR count). The molecule has 6 heteroatoms. The molecule has 0 spiro atoms. The smallest absolute Gasteiger partial charge is 0.233 e. The highest BCUT2D eigenvalue weighted by atomic mass is 32.2. The fourth-order valence-electron chi connectivity index (χ4n) is 4.68. The number of aryl methyl sites for hydroxylation is 1. The van der Waals surface area contributed by atoms with Crippen LogP contribution >= 0.6 is 0 Å². The minimum atomic E-state index is -3.46. The largest absolute Gasteiger partial charge is 0.346 e. The highest BCUT2D eigenvalue weighted by Gasteiger charge is 2.14. The maximum absolute atomic E-state index is 12.8. The van der Waals surface area contributed by atoms with Crippen LogP contribution in [0.1, 0.15) is 18.4 Å². The van der Waals surface area contributed by atoms with Gasteiger partial charge in [0, 0.05) is 19.3 Å². The Hall–Kier alpha value is -2.83. The van der Waals surface area contributed by atoms with E-state index in [1.165, 1.54) is 25.9 Å². The standard InChI is InChI=1S/C26H29N3O2S/c30-32(31,19-13-22-8-5-7-21-6-1-2-9-25(21)22)27-24-11-10-23-12-16-29(26(23)20-24)18-17-28-14-3-4-15-28/h1-2,5-12,16,20,27H,3-4,13-15,17-19H2. The van der Waals surface area contributed by atoms with Crippen LogP contribution in [0.3, 0.4) is 0 Å². The topological polar surface area (TPSA) is 54.3 Å². The Morgan fingerprint density at radius 1 is 0.844 bits per heavy atom. The molecule has 5 nitrogen and oxygen atoms in total. The van der Waals surface area contributed by atoms with Crippen LogP contribution < -0.4 is 4.72 Å². The second-order valence-corrected chi connectivity index (χ2v) is 10.5. The van der Waals surface area contributed by atoms with Gasteiger partial charge in [0.25, 0.3) is 0 Å². The molecule has 166 valence electrons. The second-order valence-electron chi connectivity index (χ2n) is 8.64. The molecule has 0 amide bonds. The number of nitrogens with one attached hydrogen (secondary N) is 1. The molecule has 1 saturated heterocycles. The number of aromatic nitrogens is 1. The summed E-state index contributed by atoms with van der Waals surface area (Å²) in [6.45, 7) is 4.31. The SMILES string of the molecule is O=S(=O)(CCc1cccc2ccccc12)Nc1ccc2ccn(CCN3CCCC3)c2c1. The third kappa shape index (κ3) is 4.66. The van der Waals surface area contributed by atoms with E-state index in [4.69, 9.17) is 0 Å². The highest BCUT2D eigenvalue weighted by Crippen LogP contribution is 2.23. The van der Waals surface area contributed by atoms with Crippen molar-refractivity contribution in [3.8, 4) is 0 Å². The van der Waals surface area contributed by atoms with Crippen molar-refractivity contribution in [1.29, 1.82) is 0 Å². The molecule has 1 N–H and O–H groups in total. The lowest BCUT2D eigenvalue weighted by Crippen LogP contribution is -2.23. The van der Waals surface area contributed by atoms with Crippen molar-refractivity contribution in [2.24, 2.45) is 0 Å². The van der Waals surface area contributed by atoms with Crippen molar-refractivity contribution in [3.05, 3.63) is 78.5 Å². The zero-order chi connectivity index (χ0) is 22.0. The van der Waals surface area contributed by atoms with E-state index in [1.807, 2.05) is 42.5 Å². The van der Waals surface area contributed by atoms with Gasteiger partial charge in [-0.15, -0.1) is 0 Å². The van der Waals surface area contributed by atoms with Gasteiger partial charge in [0.15, 0.2) is 0 Å². The fraction of sp³-hybridized carbons (Fsp3) is 0.308. The van der Waals surface area contributed by atoms with Crippen LogP contribution in [0, 0.1) is 0 Å². The molecular weight excluding hydrogens is 418 g/mol. The molecule has 1 fully saturated rings. The van der Waals surface area contributed by atoms with Crippen LogP contribution in [0.4, 0.5) is 5.69 Å². The zero-order valence-corrected chi connectivity index (χ0v) is 19.0. The first-order valence-corrected chi connectivity index (χ1v) is 13.0. The number of nitrogens with zero attached hydrogens (tertiary/aromatic N) is 2. The molecule has 3 aromatic carbocycles. The van der Waals surface area contributed by atoms with Gasteiger partial charge in [-0.25, -0.2) is 8.42 Å². The first kappa shape index (κ1) is 21.0. The van der Waals surface area contributed by atoms with Gasteiger partial charge in [-0.3, -0.25) is 4.72 Å². The summed E-state index contributed by atoms with van der Waals surface area (Å²) in [5.41, 5.74) is 2.75. The van der Waals surface area contributed by atoms with Gasteiger partial charge < -0.3 is 9.47 Å². The van der Waals surface area contributed by atoms with Crippen LogP contribution in [-0.2, 0) is 23.0 Å². The summed E-state index contributed by atoms with van der Waals surface area (Å²) >= 11 is 0. The maximum Gasteiger partial charge on any atom is 0.233 e. The zero-order valence-electron chi connectivity index (χ0n) is 18.2. The quantitative estimate of drug-likeness (QED) is 0.419. The Bertz CT molecular complexity index is 1330. The van der Waals surface area contributed by atoms with Crippen LogP contribution in [-0.4, -0.2) is 43.3 Å². The normalized spacial score (nSPS) is 15.0. The van der Waals surface area contributed by atoms with E-state index in [9.17, 15) is 8.42 Å². The molecular formula is C26H29N3O2S. The summed E-state index contributed by atoms with van der Waals surface area (Å²) < 4.78 is 30.7. The molecule has 0 saturated carbocycles. The van der Waals surface area contributed by atoms with E-state index in [0.717, 1.165) is 40.3 Å². The molecule has 2 heterocycles. The minimum Gasteiger partial charge on any atom is -0.346 e. The van der Waals surface area contributed by atoms with Crippen LogP contribution in [0.2, 0.25) is 0 Å². The van der Waals surface area contributed by atoms with E-state index >= 15 is 0 Å². The number of benzene rings is 3. The fourth-order valence-corrected chi connectivity index (χ4v) is 5.76. The first-order chi connectivity index (χ1) is 15.6. The van der Waals surface area contributed by atoms with Gasteiger partial charge in [0.1, 0.15) is 0 Å². The number of hydrogen-bond donors (Lipinski definition) is 1. The van der Waals surface area contributed by atoms with E-state index in [1.54, 1.807) is 0 Å². The maximum atomic E-state index is 12.8. The van der Waals surface area contributed by atoms with Gasteiger partial charge >= 0.3 is 0 Å². The van der Waals surface area contributed by atoms with Gasteiger partial charge in [-0.05, 0) is 72.3 Å². The number of sulfonamides is 1. The molecule has 0 unspecified atom stereocenters. The number of rotatable bonds is 8. The summed E-state index contributed by atoms with van der Waals surface area (Å²) in [6, 6.07) is 22.0. The predicted octanol–water partition coefficient (Wildman–Crippen LogP) is 4.87. The van der Waals surface area contributed by atoms with Crippen LogP contribution in [0.5, 0.6) is 0 Å². The number of fused-ring (bicyclic) bond motifs is 2. The average Bonchev–Trinajstić information content (AvgIpc) is 3.45. The van der Waals surface area contributed by atoms with E-state index in [2.05, 4.69) is 44.7 Å². The Labute approximate surface area is 189 Å². The third-order valence-corrected chi connectivity index (χ3v) is 7.71. The molecule has 1 aromatic heterocycles. The highest BCUT2D eigenvalue weighted by molar-refractivity contribution is 7.92.